The molecule has 0 radical (unpaired) electrons. The van der Waals surface area contributed by atoms with Crippen molar-refractivity contribution in [1.29, 1.82) is 0 Å². The van der Waals surface area contributed by atoms with Crippen LogP contribution in [0.15, 0.2) is 71.2 Å². The minimum atomic E-state index is -0.0661. The highest BCUT2D eigenvalue weighted by Gasteiger charge is 2.26. The highest BCUT2D eigenvalue weighted by Crippen LogP contribution is 2.21. The zero-order valence-electron chi connectivity index (χ0n) is 15.5. The number of nitrogens with zero attached hydrogens (tertiary/aromatic N) is 1. The maximum Gasteiger partial charge on any atom is 0.246 e. The zero-order chi connectivity index (χ0) is 19.3. The van der Waals surface area contributed by atoms with Crippen LogP contribution in [0.1, 0.15) is 18.6 Å². The molecule has 0 aliphatic carbocycles. The number of amides is 2. The molecule has 5 nitrogen and oxygen atoms in total. The number of rotatable bonds is 4. The molecular weight excluding hydrogens is 352 g/mol. The summed E-state index contributed by atoms with van der Waals surface area (Å²) in [5.41, 5.74) is 1.61. The zero-order valence-corrected chi connectivity index (χ0v) is 15.5. The van der Waals surface area contributed by atoms with E-state index in [1.54, 1.807) is 17.1 Å². The second-order valence-electron chi connectivity index (χ2n) is 6.97. The summed E-state index contributed by atoms with van der Waals surface area (Å²) < 4.78 is 5.70. The number of hydrogen-bond acceptors (Lipinski definition) is 3. The first-order valence-electron chi connectivity index (χ1n) is 9.50. The lowest BCUT2D eigenvalue weighted by molar-refractivity contribution is -0.130. The average molecular weight is 374 g/mol. The summed E-state index contributed by atoms with van der Waals surface area (Å²) in [7, 11) is 0. The van der Waals surface area contributed by atoms with Gasteiger partial charge in [0.15, 0.2) is 0 Å². The van der Waals surface area contributed by atoms with Crippen molar-refractivity contribution >= 4 is 34.5 Å². The average Bonchev–Trinajstić information content (AvgIpc) is 3.16. The molecule has 1 aromatic heterocycles. The quantitative estimate of drug-likeness (QED) is 0.692. The van der Waals surface area contributed by atoms with Gasteiger partial charge in [-0.05, 0) is 43.2 Å². The SMILES string of the molecule is O=C(Nc1ccccc1)C1CCN(C(=O)/C=C/c2cc3ccccc3o2)CC1. The number of nitrogens with one attached hydrogen (secondary N) is 1. The Morgan fingerprint density at radius 3 is 2.46 bits per heavy atom. The minimum Gasteiger partial charge on any atom is -0.457 e. The number of hydrogen-bond donors (Lipinski definition) is 1. The number of benzene rings is 2. The Labute approximate surface area is 163 Å². The Bertz CT molecular complexity index is 966. The number of furan rings is 1. The van der Waals surface area contributed by atoms with Crippen molar-refractivity contribution < 1.29 is 14.0 Å². The van der Waals surface area contributed by atoms with Crippen molar-refractivity contribution in [2.75, 3.05) is 18.4 Å². The lowest BCUT2D eigenvalue weighted by Crippen LogP contribution is -2.40. The van der Waals surface area contributed by atoms with Crippen LogP contribution in [0.5, 0.6) is 0 Å². The van der Waals surface area contributed by atoms with Gasteiger partial charge in [-0.2, -0.15) is 0 Å². The van der Waals surface area contributed by atoms with Crippen LogP contribution in [0.3, 0.4) is 0 Å². The van der Waals surface area contributed by atoms with Gasteiger partial charge in [0.2, 0.25) is 11.8 Å². The molecule has 5 heteroatoms. The molecule has 1 fully saturated rings. The molecule has 1 saturated heterocycles. The van der Waals surface area contributed by atoms with E-state index < -0.39 is 0 Å². The van der Waals surface area contributed by atoms with Crippen LogP contribution in [0.25, 0.3) is 17.0 Å². The predicted molar refractivity (Wildman–Crippen MR) is 110 cm³/mol. The van der Waals surface area contributed by atoms with Gasteiger partial charge in [0.1, 0.15) is 11.3 Å². The van der Waals surface area contributed by atoms with Gasteiger partial charge in [0.05, 0.1) is 0 Å². The lowest BCUT2D eigenvalue weighted by atomic mass is 9.95. The van der Waals surface area contributed by atoms with Crippen LogP contribution in [0, 0.1) is 5.92 Å². The number of carbonyl (C=O) groups is 2. The smallest absolute Gasteiger partial charge is 0.246 e. The molecule has 2 aromatic carbocycles. The summed E-state index contributed by atoms with van der Waals surface area (Å²) in [6.45, 7) is 1.16. The first-order chi connectivity index (χ1) is 13.7. The normalized spacial score (nSPS) is 15.2. The summed E-state index contributed by atoms with van der Waals surface area (Å²) in [6.07, 6.45) is 4.59. The van der Waals surface area contributed by atoms with E-state index >= 15 is 0 Å². The van der Waals surface area contributed by atoms with E-state index in [9.17, 15) is 9.59 Å². The van der Waals surface area contributed by atoms with Gasteiger partial charge in [0, 0.05) is 36.2 Å². The maximum absolute atomic E-state index is 12.5. The van der Waals surface area contributed by atoms with E-state index in [4.69, 9.17) is 4.42 Å². The number of fused-ring (bicyclic) bond motifs is 1. The summed E-state index contributed by atoms with van der Waals surface area (Å²) in [4.78, 5) is 26.6. The molecule has 0 saturated carbocycles. The monoisotopic (exact) mass is 374 g/mol. The number of para-hydroxylation sites is 2. The molecule has 142 valence electrons. The van der Waals surface area contributed by atoms with Crippen LogP contribution in [0.2, 0.25) is 0 Å². The summed E-state index contributed by atoms with van der Waals surface area (Å²) in [5, 5.41) is 3.96. The number of likely N-dealkylation sites (tertiary alicyclic amines) is 1. The number of piperidine rings is 1. The Morgan fingerprint density at radius 1 is 1.00 bits per heavy atom. The van der Waals surface area contributed by atoms with E-state index in [0.717, 1.165) is 16.7 Å². The standard InChI is InChI=1S/C23H22N2O3/c26-22(11-10-20-16-18-6-4-5-9-21(18)28-20)25-14-12-17(13-15-25)23(27)24-19-7-2-1-3-8-19/h1-11,16-17H,12-15H2,(H,24,27)/b11-10+. The number of anilines is 1. The first kappa shape index (κ1) is 18.0. The van der Waals surface area contributed by atoms with Crippen LogP contribution >= 0.6 is 0 Å². The van der Waals surface area contributed by atoms with Gasteiger partial charge in [-0.15, -0.1) is 0 Å². The van der Waals surface area contributed by atoms with Gasteiger partial charge in [-0.25, -0.2) is 0 Å². The molecule has 1 N–H and O–H groups in total. The van der Waals surface area contributed by atoms with Gasteiger partial charge in [-0.3, -0.25) is 9.59 Å². The van der Waals surface area contributed by atoms with Crippen molar-refractivity contribution in [2.45, 2.75) is 12.8 Å². The van der Waals surface area contributed by atoms with Gasteiger partial charge >= 0.3 is 0 Å². The van der Waals surface area contributed by atoms with Gasteiger partial charge in [0.25, 0.3) is 0 Å². The Hall–Kier alpha value is -3.34. The largest absolute Gasteiger partial charge is 0.457 e. The fourth-order valence-corrected chi connectivity index (χ4v) is 3.47. The summed E-state index contributed by atoms with van der Waals surface area (Å²) in [5.74, 6) is 0.564. The second-order valence-corrected chi connectivity index (χ2v) is 6.97. The summed E-state index contributed by atoms with van der Waals surface area (Å²) in [6, 6.07) is 19.1. The van der Waals surface area contributed by atoms with E-state index in [0.29, 0.717) is 31.7 Å². The van der Waals surface area contributed by atoms with Crippen molar-refractivity contribution in [1.82, 2.24) is 4.90 Å². The van der Waals surface area contributed by atoms with Gasteiger partial charge < -0.3 is 14.6 Å². The van der Waals surface area contributed by atoms with E-state index in [1.807, 2.05) is 60.7 Å². The van der Waals surface area contributed by atoms with Crippen molar-refractivity contribution in [2.24, 2.45) is 5.92 Å². The molecule has 0 bridgehead atoms. The third-order valence-corrected chi connectivity index (χ3v) is 5.05. The third kappa shape index (κ3) is 4.14. The third-order valence-electron chi connectivity index (χ3n) is 5.05. The second kappa shape index (κ2) is 8.13. The molecule has 0 unspecified atom stereocenters. The Morgan fingerprint density at radius 2 is 1.71 bits per heavy atom. The molecule has 4 rings (SSSR count). The van der Waals surface area contributed by atoms with Crippen molar-refractivity contribution in [3.63, 3.8) is 0 Å². The van der Waals surface area contributed by atoms with Crippen LogP contribution in [-0.2, 0) is 9.59 Å². The molecule has 2 heterocycles. The lowest BCUT2D eigenvalue weighted by Gasteiger charge is -2.30. The maximum atomic E-state index is 12.5. The highest BCUT2D eigenvalue weighted by molar-refractivity contribution is 5.94. The van der Waals surface area contributed by atoms with E-state index in [1.165, 1.54) is 0 Å². The topological polar surface area (TPSA) is 62.6 Å². The molecule has 3 aromatic rings. The number of carbonyl (C=O) groups excluding carboxylic acids is 2. The summed E-state index contributed by atoms with van der Waals surface area (Å²) >= 11 is 0. The molecule has 0 spiro atoms. The van der Waals surface area contributed by atoms with Crippen LogP contribution in [0.4, 0.5) is 5.69 Å². The molecule has 28 heavy (non-hydrogen) atoms. The first-order valence-corrected chi connectivity index (χ1v) is 9.50. The predicted octanol–water partition coefficient (Wildman–Crippen LogP) is 4.32. The molecule has 2 amide bonds. The van der Waals surface area contributed by atoms with Gasteiger partial charge in [-0.1, -0.05) is 36.4 Å². The van der Waals surface area contributed by atoms with E-state index in [2.05, 4.69) is 5.32 Å². The van der Waals surface area contributed by atoms with Crippen LogP contribution in [-0.4, -0.2) is 29.8 Å². The van der Waals surface area contributed by atoms with E-state index in [-0.39, 0.29) is 17.7 Å². The Kier molecular flexibility index (Phi) is 5.24. The fourth-order valence-electron chi connectivity index (χ4n) is 3.47. The van der Waals surface area contributed by atoms with Crippen molar-refractivity contribution in [3.8, 4) is 0 Å². The van der Waals surface area contributed by atoms with Crippen molar-refractivity contribution in [3.05, 3.63) is 72.5 Å². The molecule has 0 atom stereocenters. The molecule has 1 aliphatic heterocycles. The molecular formula is C23H22N2O3. The fraction of sp³-hybridized carbons (Fsp3) is 0.217. The van der Waals surface area contributed by atoms with Crippen LogP contribution < -0.4 is 5.32 Å². The minimum absolute atomic E-state index is 0.0242. The highest BCUT2D eigenvalue weighted by atomic mass is 16.3. The molecule has 1 aliphatic rings. The Balaban J connectivity index is 1.30.